The molecule has 0 spiro atoms. The molecular weight excluding hydrogens is 168 g/mol. The van der Waals surface area contributed by atoms with Crippen molar-refractivity contribution in [1.82, 2.24) is 15.1 Å². The lowest BCUT2D eigenvalue weighted by atomic mass is 10.2. The molecule has 1 aromatic rings. The third-order valence-electron chi connectivity index (χ3n) is 1.65. The van der Waals surface area contributed by atoms with Crippen LogP contribution in [-0.2, 0) is 7.05 Å². The standard InChI is InChI=1S/C8H12N4O/c1-12-6-7(5-11-12)8(4-9)10-2-3-13/h5-6,8,10,13H,2-3H2,1H3. The van der Waals surface area contributed by atoms with Crippen molar-refractivity contribution in [1.29, 1.82) is 5.26 Å². The van der Waals surface area contributed by atoms with Gasteiger partial charge in [-0.05, 0) is 0 Å². The molecule has 0 saturated carbocycles. The highest BCUT2D eigenvalue weighted by Gasteiger charge is 2.10. The molecular formula is C8H12N4O. The van der Waals surface area contributed by atoms with Crippen LogP contribution in [0, 0.1) is 11.3 Å². The van der Waals surface area contributed by atoms with Gasteiger partial charge in [-0.3, -0.25) is 10.00 Å². The molecule has 70 valence electrons. The van der Waals surface area contributed by atoms with Gasteiger partial charge in [0.15, 0.2) is 0 Å². The molecule has 1 rings (SSSR count). The summed E-state index contributed by atoms with van der Waals surface area (Å²) in [6.07, 6.45) is 3.41. The van der Waals surface area contributed by atoms with E-state index in [1.165, 1.54) is 0 Å². The number of hydrogen-bond donors (Lipinski definition) is 2. The lowest BCUT2D eigenvalue weighted by Crippen LogP contribution is -2.22. The van der Waals surface area contributed by atoms with Gasteiger partial charge in [0.1, 0.15) is 6.04 Å². The third-order valence-corrected chi connectivity index (χ3v) is 1.65. The van der Waals surface area contributed by atoms with Crippen molar-refractivity contribution in [3.63, 3.8) is 0 Å². The summed E-state index contributed by atoms with van der Waals surface area (Å²) in [5.41, 5.74) is 0.818. The summed E-state index contributed by atoms with van der Waals surface area (Å²) in [6.45, 7) is 0.436. The summed E-state index contributed by atoms with van der Waals surface area (Å²) >= 11 is 0. The zero-order valence-corrected chi connectivity index (χ0v) is 7.44. The minimum atomic E-state index is -0.388. The van der Waals surface area contributed by atoms with Crippen LogP contribution in [0.3, 0.4) is 0 Å². The third kappa shape index (κ3) is 2.54. The maximum Gasteiger partial charge on any atom is 0.124 e. The van der Waals surface area contributed by atoms with E-state index in [-0.39, 0.29) is 12.6 Å². The predicted octanol–water partition coefficient (Wildman–Crippen LogP) is -0.433. The summed E-state index contributed by atoms with van der Waals surface area (Å²) < 4.78 is 1.64. The van der Waals surface area contributed by atoms with E-state index in [1.807, 2.05) is 0 Å². The topological polar surface area (TPSA) is 73.9 Å². The number of nitrogens with zero attached hydrogens (tertiary/aromatic N) is 3. The number of nitrogens with one attached hydrogen (secondary N) is 1. The summed E-state index contributed by atoms with van der Waals surface area (Å²) in [4.78, 5) is 0. The lowest BCUT2D eigenvalue weighted by molar-refractivity contribution is 0.289. The smallest absolute Gasteiger partial charge is 0.124 e. The van der Waals surface area contributed by atoms with E-state index in [2.05, 4.69) is 16.5 Å². The van der Waals surface area contributed by atoms with Crippen molar-refractivity contribution in [3.8, 4) is 6.07 Å². The Bertz CT molecular complexity index is 301. The van der Waals surface area contributed by atoms with Gasteiger partial charge in [0, 0.05) is 25.4 Å². The van der Waals surface area contributed by atoms with Gasteiger partial charge in [0.25, 0.3) is 0 Å². The Morgan fingerprint density at radius 2 is 2.62 bits per heavy atom. The number of aliphatic hydroxyl groups excluding tert-OH is 1. The van der Waals surface area contributed by atoms with Crippen LogP contribution in [-0.4, -0.2) is 28.0 Å². The van der Waals surface area contributed by atoms with Gasteiger partial charge in [0.05, 0.1) is 18.9 Å². The molecule has 0 aromatic carbocycles. The summed E-state index contributed by atoms with van der Waals surface area (Å²) in [7, 11) is 1.80. The summed E-state index contributed by atoms with van der Waals surface area (Å²) in [5, 5.41) is 24.2. The van der Waals surface area contributed by atoms with Crippen molar-refractivity contribution >= 4 is 0 Å². The first-order valence-electron chi connectivity index (χ1n) is 4.00. The first-order valence-corrected chi connectivity index (χ1v) is 4.00. The Labute approximate surface area is 76.6 Å². The Morgan fingerprint density at radius 1 is 1.85 bits per heavy atom. The Hall–Kier alpha value is -1.38. The van der Waals surface area contributed by atoms with Gasteiger partial charge >= 0.3 is 0 Å². The van der Waals surface area contributed by atoms with Crippen LogP contribution in [0.4, 0.5) is 0 Å². The monoisotopic (exact) mass is 180 g/mol. The molecule has 0 saturated heterocycles. The highest BCUT2D eigenvalue weighted by molar-refractivity contribution is 5.17. The first-order chi connectivity index (χ1) is 6.27. The number of hydrogen-bond acceptors (Lipinski definition) is 4. The molecule has 1 aromatic heterocycles. The highest BCUT2D eigenvalue weighted by Crippen LogP contribution is 2.09. The molecule has 1 unspecified atom stereocenters. The van der Waals surface area contributed by atoms with E-state index in [0.29, 0.717) is 6.54 Å². The van der Waals surface area contributed by atoms with E-state index in [1.54, 1.807) is 24.1 Å². The number of aryl methyl sites for hydroxylation is 1. The second-order valence-corrected chi connectivity index (χ2v) is 2.69. The maximum absolute atomic E-state index is 8.78. The first kappa shape index (κ1) is 9.71. The SMILES string of the molecule is Cn1cc(C(C#N)NCCO)cn1. The molecule has 0 amide bonds. The van der Waals surface area contributed by atoms with Gasteiger partial charge in [-0.1, -0.05) is 0 Å². The normalized spacial score (nSPS) is 12.4. The number of nitriles is 1. The molecule has 0 aliphatic heterocycles. The largest absolute Gasteiger partial charge is 0.395 e. The minimum Gasteiger partial charge on any atom is -0.395 e. The van der Waals surface area contributed by atoms with Crippen LogP contribution < -0.4 is 5.32 Å². The highest BCUT2D eigenvalue weighted by atomic mass is 16.3. The van der Waals surface area contributed by atoms with Crippen LogP contribution in [0.15, 0.2) is 12.4 Å². The molecule has 1 atom stereocenters. The van der Waals surface area contributed by atoms with Crippen LogP contribution in [0.25, 0.3) is 0 Å². The number of rotatable bonds is 4. The quantitative estimate of drug-likeness (QED) is 0.659. The van der Waals surface area contributed by atoms with Gasteiger partial charge in [-0.15, -0.1) is 0 Å². The maximum atomic E-state index is 8.78. The van der Waals surface area contributed by atoms with Crippen molar-refractivity contribution in [2.75, 3.05) is 13.2 Å². The molecule has 2 N–H and O–H groups in total. The Morgan fingerprint density at radius 3 is 3.08 bits per heavy atom. The fourth-order valence-corrected chi connectivity index (χ4v) is 1.04. The zero-order valence-electron chi connectivity index (χ0n) is 7.44. The van der Waals surface area contributed by atoms with E-state index in [0.717, 1.165) is 5.56 Å². The van der Waals surface area contributed by atoms with E-state index < -0.39 is 0 Å². The van der Waals surface area contributed by atoms with E-state index in [9.17, 15) is 0 Å². The fraction of sp³-hybridized carbons (Fsp3) is 0.500. The molecule has 13 heavy (non-hydrogen) atoms. The van der Waals surface area contributed by atoms with Crippen molar-refractivity contribution in [2.24, 2.45) is 7.05 Å². The Balaban J connectivity index is 2.63. The van der Waals surface area contributed by atoms with Crippen molar-refractivity contribution in [3.05, 3.63) is 18.0 Å². The Kier molecular flexibility index (Phi) is 3.43. The van der Waals surface area contributed by atoms with Crippen molar-refractivity contribution in [2.45, 2.75) is 6.04 Å². The van der Waals surface area contributed by atoms with Crippen LogP contribution in [0.5, 0.6) is 0 Å². The van der Waals surface area contributed by atoms with Crippen LogP contribution in [0.2, 0.25) is 0 Å². The lowest BCUT2D eigenvalue weighted by Gasteiger charge is -2.06. The average Bonchev–Trinajstić information content (AvgIpc) is 2.54. The van der Waals surface area contributed by atoms with Gasteiger partial charge in [-0.25, -0.2) is 0 Å². The van der Waals surface area contributed by atoms with Gasteiger partial charge in [-0.2, -0.15) is 10.4 Å². The molecule has 0 bridgehead atoms. The van der Waals surface area contributed by atoms with E-state index >= 15 is 0 Å². The number of aliphatic hydroxyl groups is 1. The molecule has 0 aliphatic rings. The van der Waals surface area contributed by atoms with Gasteiger partial charge in [0.2, 0.25) is 0 Å². The van der Waals surface area contributed by atoms with Crippen molar-refractivity contribution < 1.29 is 5.11 Å². The van der Waals surface area contributed by atoms with Crippen LogP contribution >= 0.6 is 0 Å². The molecule has 0 radical (unpaired) electrons. The van der Waals surface area contributed by atoms with Gasteiger partial charge < -0.3 is 5.11 Å². The molecule has 0 fully saturated rings. The second kappa shape index (κ2) is 4.60. The molecule has 5 heteroatoms. The predicted molar refractivity (Wildman–Crippen MR) is 46.7 cm³/mol. The molecule has 0 aliphatic carbocycles. The van der Waals surface area contributed by atoms with Crippen LogP contribution in [0.1, 0.15) is 11.6 Å². The minimum absolute atomic E-state index is 0.0262. The summed E-state index contributed by atoms with van der Waals surface area (Å²) in [6, 6.07) is 1.70. The summed E-state index contributed by atoms with van der Waals surface area (Å²) in [5.74, 6) is 0. The molecule has 5 nitrogen and oxygen atoms in total. The number of aromatic nitrogens is 2. The second-order valence-electron chi connectivity index (χ2n) is 2.69. The van der Waals surface area contributed by atoms with E-state index in [4.69, 9.17) is 10.4 Å². The zero-order chi connectivity index (χ0) is 9.68. The molecule has 1 heterocycles. The average molecular weight is 180 g/mol. The fourth-order valence-electron chi connectivity index (χ4n) is 1.04.